The van der Waals surface area contributed by atoms with Gasteiger partial charge >= 0.3 is 0 Å². The minimum absolute atomic E-state index is 0.196. The van der Waals surface area contributed by atoms with Crippen molar-refractivity contribution < 1.29 is 9.53 Å². The Bertz CT molecular complexity index is 618. The number of rotatable bonds is 3. The third-order valence-electron chi connectivity index (χ3n) is 4.04. The molecule has 0 aliphatic carbocycles. The molecule has 1 aromatic carbocycles. The van der Waals surface area contributed by atoms with E-state index in [9.17, 15) is 4.79 Å². The Kier molecular flexibility index (Phi) is 3.74. The highest BCUT2D eigenvalue weighted by molar-refractivity contribution is 5.85. The quantitative estimate of drug-likeness (QED) is 0.930. The Labute approximate surface area is 118 Å². The Morgan fingerprint density at radius 1 is 1.30 bits per heavy atom. The van der Waals surface area contributed by atoms with Crippen molar-refractivity contribution in [3.63, 3.8) is 0 Å². The first-order valence-electron chi connectivity index (χ1n) is 7.15. The van der Waals surface area contributed by atoms with E-state index < -0.39 is 0 Å². The largest absolute Gasteiger partial charge is 0.384 e. The van der Waals surface area contributed by atoms with Crippen LogP contribution in [-0.4, -0.2) is 42.6 Å². The van der Waals surface area contributed by atoms with Gasteiger partial charge in [-0.1, -0.05) is 18.2 Å². The van der Waals surface area contributed by atoms with Crippen LogP contribution in [0.2, 0.25) is 0 Å². The summed E-state index contributed by atoms with van der Waals surface area (Å²) in [4.78, 5) is 17.5. The highest BCUT2D eigenvalue weighted by Crippen LogP contribution is 2.25. The molecule has 4 heteroatoms. The number of aromatic amines is 1. The van der Waals surface area contributed by atoms with Gasteiger partial charge in [0.25, 0.3) is 0 Å². The topological polar surface area (TPSA) is 45.3 Å². The Balaban J connectivity index is 1.77. The summed E-state index contributed by atoms with van der Waals surface area (Å²) in [5.74, 6) is 0.196. The summed E-state index contributed by atoms with van der Waals surface area (Å²) in [5, 5.41) is 1.30. The third kappa shape index (κ3) is 2.43. The molecule has 0 saturated heterocycles. The molecule has 1 aliphatic rings. The first-order valence-corrected chi connectivity index (χ1v) is 7.15. The van der Waals surface area contributed by atoms with Gasteiger partial charge in [-0.05, 0) is 18.1 Å². The molecule has 106 valence electrons. The normalized spacial score (nSPS) is 15.2. The molecular formula is C16H20N2O2. The van der Waals surface area contributed by atoms with Crippen molar-refractivity contribution in [2.45, 2.75) is 19.3 Å². The summed E-state index contributed by atoms with van der Waals surface area (Å²) in [6.07, 6.45) is 2.31. The standard InChI is InChI=1S/C16H20N2O2/c1-20-11-8-16(19)18-9-6-13-12-4-2-3-5-14(12)17-15(13)7-10-18/h2-5,17H,6-11H2,1H3. The fourth-order valence-corrected chi connectivity index (χ4v) is 2.96. The molecule has 2 aromatic rings. The number of hydrogen-bond donors (Lipinski definition) is 1. The number of ether oxygens (including phenoxy) is 1. The van der Waals surface area contributed by atoms with Gasteiger partial charge in [-0.25, -0.2) is 0 Å². The lowest BCUT2D eigenvalue weighted by Crippen LogP contribution is -2.33. The van der Waals surface area contributed by atoms with E-state index in [4.69, 9.17) is 4.74 Å². The molecule has 1 aliphatic heterocycles. The third-order valence-corrected chi connectivity index (χ3v) is 4.04. The number of hydrogen-bond acceptors (Lipinski definition) is 2. The van der Waals surface area contributed by atoms with E-state index >= 15 is 0 Å². The first-order chi connectivity index (χ1) is 9.79. The van der Waals surface area contributed by atoms with Gasteiger partial charge in [0, 0.05) is 43.2 Å². The van der Waals surface area contributed by atoms with Crippen LogP contribution >= 0.6 is 0 Å². The van der Waals surface area contributed by atoms with Crippen LogP contribution in [0.4, 0.5) is 0 Å². The minimum Gasteiger partial charge on any atom is -0.384 e. The molecule has 3 rings (SSSR count). The number of carbonyl (C=O) groups excluding carboxylic acids is 1. The van der Waals surface area contributed by atoms with Gasteiger partial charge in [0.1, 0.15) is 0 Å². The number of nitrogens with zero attached hydrogens (tertiary/aromatic N) is 1. The lowest BCUT2D eigenvalue weighted by atomic mass is 10.1. The predicted octanol–water partition coefficient (Wildman–Crippen LogP) is 2.13. The van der Waals surface area contributed by atoms with Crippen molar-refractivity contribution in [3.8, 4) is 0 Å². The van der Waals surface area contributed by atoms with Crippen LogP contribution in [-0.2, 0) is 22.4 Å². The van der Waals surface area contributed by atoms with Crippen LogP contribution in [0.1, 0.15) is 17.7 Å². The highest BCUT2D eigenvalue weighted by atomic mass is 16.5. The van der Waals surface area contributed by atoms with Crippen LogP contribution in [0.25, 0.3) is 10.9 Å². The van der Waals surface area contributed by atoms with Crippen molar-refractivity contribution in [3.05, 3.63) is 35.5 Å². The second-order valence-corrected chi connectivity index (χ2v) is 5.25. The number of methoxy groups -OCH3 is 1. The number of aromatic nitrogens is 1. The van der Waals surface area contributed by atoms with E-state index in [0.717, 1.165) is 25.9 Å². The number of H-pyrrole nitrogens is 1. The Morgan fingerprint density at radius 3 is 2.95 bits per heavy atom. The maximum absolute atomic E-state index is 12.1. The van der Waals surface area contributed by atoms with Gasteiger partial charge in [-0.15, -0.1) is 0 Å². The smallest absolute Gasteiger partial charge is 0.224 e. The molecule has 1 aromatic heterocycles. The lowest BCUT2D eigenvalue weighted by molar-refractivity contribution is -0.132. The molecule has 0 saturated carbocycles. The average Bonchev–Trinajstić information content (AvgIpc) is 2.69. The molecule has 0 fully saturated rings. The molecule has 1 amide bonds. The van der Waals surface area contributed by atoms with E-state index in [1.54, 1.807) is 7.11 Å². The monoisotopic (exact) mass is 272 g/mol. The SMILES string of the molecule is COCCC(=O)N1CCc2[nH]c3ccccc3c2CC1. The lowest BCUT2D eigenvalue weighted by Gasteiger charge is -2.20. The Morgan fingerprint density at radius 2 is 2.10 bits per heavy atom. The minimum atomic E-state index is 0.196. The molecule has 2 heterocycles. The van der Waals surface area contributed by atoms with Gasteiger partial charge in [0.15, 0.2) is 0 Å². The van der Waals surface area contributed by atoms with Gasteiger partial charge in [0.2, 0.25) is 5.91 Å². The molecule has 0 unspecified atom stereocenters. The molecule has 0 radical (unpaired) electrons. The van der Waals surface area contributed by atoms with Crippen LogP contribution in [0.3, 0.4) is 0 Å². The van der Waals surface area contributed by atoms with Crippen LogP contribution in [0.15, 0.2) is 24.3 Å². The van der Waals surface area contributed by atoms with Crippen molar-refractivity contribution in [1.82, 2.24) is 9.88 Å². The zero-order chi connectivity index (χ0) is 13.9. The van der Waals surface area contributed by atoms with Crippen molar-refractivity contribution in [2.24, 2.45) is 0 Å². The fraction of sp³-hybridized carbons (Fsp3) is 0.438. The number of nitrogens with one attached hydrogen (secondary N) is 1. The van der Waals surface area contributed by atoms with Gasteiger partial charge in [-0.3, -0.25) is 4.79 Å². The van der Waals surface area contributed by atoms with Crippen molar-refractivity contribution in [1.29, 1.82) is 0 Å². The van der Waals surface area contributed by atoms with Crippen LogP contribution in [0, 0.1) is 0 Å². The number of fused-ring (bicyclic) bond motifs is 3. The summed E-state index contributed by atoms with van der Waals surface area (Å²) < 4.78 is 4.99. The van der Waals surface area contributed by atoms with E-state index in [-0.39, 0.29) is 5.91 Å². The van der Waals surface area contributed by atoms with Gasteiger partial charge in [0.05, 0.1) is 13.0 Å². The first kappa shape index (κ1) is 13.2. The van der Waals surface area contributed by atoms with Gasteiger partial charge < -0.3 is 14.6 Å². The summed E-state index contributed by atoms with van der Waals surface area (Å²) in [6, 6.07) is 8.40. The summed E-state index contributed by atoms with van der Waals surface area (Å²) in [7, 11) is 1.63. The van der Waals surface area contributed by atoms with E-state index in [0.29, 0.717) is 13.0 Å². The van der Waals surface area contributed by atoms with Crippen molar-refractivity contribution >= 4 is 16.8 Å². The average molecular weight is 272 g/mol. The van der Waals surface area contributed by atoms with E-state index in [1.165, 1.54) is 22.2 Å². The predicted molar refractivity (Wildman–Crippen MR) is 78.8 cm³/mol. The van der Waals surface area contributed by atoms with Crippen LogP contribution in [0.5, 0.6) is 0 Å². The number of para-hydroxylation sites is 1. The van der Waals surface area contributed by atoms with Gasteiger partial charge in [-0.2, -0.15) is 0 Å². The molecule has 0 atom stereocenters. The van der Waals surface area contributed by atoms with Crippen LogP contribution < -0.4 is 0 Å². The zero-order valence-electron chi connectivity index (χ0n) is 11.8. The maximum atomic E-state index is 12.1. The van der Waals surface area contributed by atoms with Crippen molar-refractivity contribution in [2.75, 3.05) is 26.8 Å². The second-order valence-electron chi connectivity index (χ2n) is 5.25. The van der Waals surface area contributed by atoms with E-state index in [1.807, 2.05) is 4.90 Å². The molecule has 4 nitrogen and oxygen atoms in total. The summed E-state index contributed by atoms with van der Waals surface area (Å²) in [5.41, 5.74) is 3.87. The highest BCUT2D eigenvalue weighted by Gasteiger charge is 2.20. The summed E-state index contributed by atoms with van der Waals surface area (Å²) in [6.45, 7) is 2.10. The molecule has 0 bridgehead atoms. The second kappa shape index (κ2) is 5.67. The molecular weight excluding hydrogens is 252 g/mol. The summed E-state index contributed by atoms with van der Waals surface area (Å²) >= 11 is 0. The molecule has 1 N–H and O–H groups in total. The molecule has 20 heavy (non-hydrogen) atoms. The fourth-order valence-electron chi connectivity index (χ4n) is 2.96. The number of amides is 1. The zero-order valence-corrected chi connectivity index (χ0v) is 11.8. The molecule has 0 spiro atoms. The maximum Gasteiger partial charge on any atom is 0.224 e. The Hall–Kier alpha value is -1.81. The number of benzene rings is 1. The number of carbonyl (C=O) groups is 1. The van der Waals surface area contributed by atoms with E-state index in [2.05, 4.69) is 29.2 Å².